The zero-order valence-electron chi connectivity index (χ0n) is 11.3. The molecule has 106 valence electrons. The Morgan fingerprint density at radius 2 is 1.95 bits per heavy atom. The van der Waals surface area contributed by atoms with Gasteiger partial charge in [0.1, 0.15) is 0 Å². The molecule has 0 heterocycles. The highest BCUT2D eigenvalue weighted by molar-refractivity contribution is 6.33. The highest BCUT2D eigenvalue weighted by Crippen LogP contribution is 2.25. The second-order valence-corrected chi connectivity index (χ2v) is 5.92. The van der Waals surface area contributed by atoms with Crippen molar-refractivity contribution in [2.24, 2.45) is 0 Å². The molecule has 2 rings (SSSR count). The minimum atomic E-state index is 0.352. The number of hydrogen-bond donors (Lipinski definition) is 1. The van der Waals surface area contributed by atoms with Crippen LogP contribution in [0.5, 0.6) is 0 Å². The third kappa shape index (κ3) is 4.64. The molecule has 1 aliphatic carbocycles. The lowest BCUT2D eigenvalue weighted by Crippen LogP contribution is -2.35. The van der Waals surface area contributed by atoms with Crippen molar-refractivity contribution in [3.8, 4) is 0 Å². The van der Waals surface area contributed by atoms with Crippen LogP contribution in [0.25, 0.3) is 0 Å². The van der Waals surface area contributed by atoms with Gasteiger partial charge in [0.25, 0.3) is 0 Å². The van der Waals surface area contributed by atoms with Gasteiger partial charge >= 0.3 is 0 Å². The maximum Gasteiger partial charge on any atom is 0.0735 e. The smallest absolute Gasteiger partial charge is 0.0735 e. The quantitative estimate of drug-likeness (QED) is 0.868. The van der Waals surface area contributed by atoms with Gasteiger partial charge in [-0.3, -0.25) is 0 Å². The lowest BCUT2D eigenvalue weighted by Gasteiger charge is -2.29. The molecule has 0 saturated heterocycles. The Morgan fingerprint density at radius 1 is 1.21 bits per heavy atom. The van der Waals surface area contributed by atoms with Crippen molar-refractivity contribution in [2.75, 3.05) is 6.54 Å². The highest BCUT2D eigenvalue weighted by Gasteiger charge is 2.21. The molecule has 0 radical (unpaired) electrons. The molecule has 1 fully saturated rings. The molecule has 0 atom stereocenters. The Hall–Kier alpha value is -0.280. The summed E-state index contributed by atoms with van der Waals surface area (Å²) in [5.41, 5.74) is 0.975. The van der Waals surface area contributed by atoms with Crippen LogP contribution < -0.4 is 5.32 Å². The standard InChI is InChI=1S/C15H21Cl2NO/c1-2-18-13-4-6-14(7-5-13)19-10-11-9-12(16)3-8-15(11)17/h3,8-9,13-14,18H,2,4-7,10H2,1H3. The summed E-state index contributed by atoms with van der Waals surface area (Å²) in [6, 6.07) is 6.17. The van der Waals surface area contributed by atoms with Gasteiger partial charge in [0, 0.05) is 16.1 Å². The number of hydrogen-bond acceptors (Lipinski definition) is 2. The van der Waals surface area contributed by atoms with Crippen LogP contribution in [0.3, 0.4) is 0 Å². The Bertz CT molecular complexity index is 403. The summed E-state index contributed by atoms with van der Waals surface area (Å²) in [7, 11) is 0. The van der Waals surface area contributed by atoms with E-state index in [1.165, 1.54) is 12.8 Å². The molecule has 2 nitrogen and oxygen atoms in total. The van der Waals surface area contributed by atoms with E-state index >= 15 is 0 Å². The van der Waals surface area contributed by atoms with Gasteiger partial charge in [-0.15, -0.1) is 0 Å². The van der Waals surface area contributed by atoms with Gasteiger partial charge in [0.15, 0.2) is 0 Å². The summed E-state index contributed by atoms with van der Waals surface area (Å²) >= 11 is 12.1. The zero-order chi connectivity index (χ0) is 13.7. The molecule has 19 heavy (non-hydrogen) atoms. The van der Waals surface area contributed by atoms with E-state index in [2.05, 4.69) is 12.2 Å². The van der Waals surface area contributed by atoms with Crippen LogP contribution in [0, 0.1) is 0 Å². The summed E-state index contributed by atoms with van der Waals surface area (Å²) in [6.07, 6.45) is 4.99. The highest BCUT2D eigenvalue weighted by atomic mass is 35.5. The molecule has 1 N–H and O–H groups in total. The minimum Gasteiger partial charge on any atom is -0.373 e. The third-order valence-electron chi connectivity index (χ3n) is 3.65. The normalized spacial score (nSPS) is 23.5. The first-order valence-electron chi connectivity index (χ1n) is 6.98. The van der Waals surface area contributed by atoms with Crippen LogP contribution in [0.1, 0.15) is 38.2 Å². The summed E-state index contributed by atoms with van der Waals surface area (Å²) in [5.74, 6) is 0. The van der Waals surface area contributed by atoms with Crippen LogP contribution >= 0.6 is 23.2 Å². The Balaban J connectivity index is 1.79. The number of halogens is 2. The SMILES string of the molecule is CCNC1CCC(OCc2cc(Cl)ccc2Cl)CC1. The predicted molar refractivity (Wildman–Crippen MR) is 81.0 cm³/mol. The molecule has 0 aromatic heterocycles. The minimum absolute atomic E-state index is 0.352. The lowest BCUT2D eigenvalue weighted by atomic mass is 9.93. The number of benzene rings is 1. The van der Waals surface area contributed by atoms with E-state index in [0.29, 0.717) is 23.8 Å². The molecule has 1 aromatic rings. The monoisotopic (exact) mass is 301 g/mol. The lowest BCUT2D eigenvalue weighted by molar-refractivity contribution is 0.0115. The van der Waals surface area contributed by atoms with E-state index in [1.807, 2.05) is 12.1 Å². The first kappa shape index (κ1) is 15.1. The van der Waals surface area contributed by atoms with Crippen molar-refractivity contribution < 1.29 is 4.74 Å². The van der Waals surface area contributed by atoms with Crippen molar-refractivity contribution in [2.45, 2.75) is 51.4 Å². The summed E-state index contributed by atoms with van der Waals surface area (Å²) < 4.78 is 5.96. The van der Waals surface area contributed by atoms with Crippen LogP contribution in [0.2, 0.25) is 10.0 Å². The first-order chi connectivity index (χ1) is 9.19. The van der Waals surface area contributed by atoms with E-state index < -0.39 is 0 Å². The summed E-state index contributed by atoms with van der Waals surface area (Å²) in [5, 5.41) is 4.94. The fraction of sp³-hybridized carbons (Fsp3) is 0.600. The van der Waals surface area contributed by atoms with Gasteiger partial charge in [-0.1, -0.05) is 30.1 Å². The zero-order valence-corrected chi connectivity index (χ0v) is 12.8. The van der Waals surface area contributed by atoms with Crippen molar-refractivity contribution >= 4 is 23.2 Å². The van der Waals surface area contributed by atoms with E-state index in [1.54, 1.807) is 6.07 Å². The molecule has 1 aromatic carbocycles. The van der Waals surface area contributed by atoms with Crippen molar-refractivity contribution in [1.82, 2.24) is 5.32 Å². The fourth-order valence-corrected chi connectivity index (χ4v) is 2.95. The van der Waals surface area contributed by atoms with E-state index in [9.17, 15) is 0 Å². The van der Waals surface area contributed by atoms with E-state index in [0.717, 1.165) is 30.0 Å². The van der Waals surface area contributed by atoms with E-state index in [-0.39, 0.29) is 0 Å². The Morgan fingerprint density at radius 3 is 2.63 bits per heavy atom. The molecule has 1 aliphatic rings. The Kier molecular flexibility index (Phi) is 5.96. The van der Waals surface area contributed by atoms with E-state index in [4.69, 9.17) is 27.9 Å². The van der Waals surface area contributed by atoms with Crippen LogP contribution in [-0.2, 0) is 11.3 Å². The fourth-order valence-electron chi connectivity index (χ4n) is 2.58. The molecule has 4 heteroatoms. The number of ether oxygens (including phenoxy) is 1. The average molecular weight is 302 g/mol. The molecule has 0 amide bonds. The molecule has 1 saturated carbocycles. The van der Waals surface area contributed by atoms with Crippen LogP contribution in [-0.4, -0.2) is 18.7 Å². The number of rotatable bonds is 5. The van der Waals surface area contributed by atoms with Gasteiger partial charge in [0.05, 0.1) is 12.7 Å². The molecule has 0 spiro atoms. The molecule has 0 unspecified atom stereocenters. The second kappa shape index (κ2) is 7.49. The Labute approximate surface area is 125 Å². The number of nitrogens with one attached hydrogen (secondary N) is 1. The molecular weight excluding hydrogens is 281 g/mol. The van der Waals surface area contributed by atoms with Crippen LogP contribution in [0.4, 0.5) is 0 Å². The topological polar surface area (TPSA) is 21.3 Å². The van der Waals surface area contributed by atoms with Gasteiger partial charge in [-0.05, 0) is 56.0 Å². The second-order valence-electron chi connectivity index (χ2n) is 5.08. The maximum absolute atomic E-state index is 6.13. The molecule has 0 aliphatic heterocycles. The molecule has 0 bridgehead atoms. The van der Waals surface area contributed by atoms with Gasteiger partial charge < -0.3 is 10.1 Å². The van der Waals surface area contributed by atoms with Gasteiger partial charge in [-0.25, -0.2) is 0 Å². The maximum atomic E-state index is 6.13. The third-order valence-corrected chi connectivity index (χ3v) is 4.25. The largest absolute Gasteiger partial charge is 0.373 e. The summed E-state index contributed by atoms with van der Waals surface area (Å²) in [4.78, 5) is 0. The van der Waals surface area contributed by atoms with Crippen molar-refractivity contribution in [3.05, 3.63) is 33.8 Å². The average Bonchev–Trinajstić information content (AvgIpc) is 2.42. The van der Waals surface area contributed by atoms with Crippen molar-refractivity contribution in [3.63, 3.8) is 0 Å². The first-order valence-corrected chi connectivity index (χ1v) is 7.73. The van der Waals surface area contributed by atoms with Crippen LogP contribution in [0.15, 0.2) is 18.2 Å². The van der Waals surface area contributed by atoms with Gasteiger partial charge in [0.2, 0.25) is 0 Å². The van der Waals surface area contributed by atoms with Gasteiger partial charge in [-0.2, -0.15) is 0 Å². The van der Waals surface area contributed by atoms with Crippen molar-refractivity contribution in [1.29, 1.82) is 0 Å². The molecular formula is C15H21Cl2NO. The summed E-state index contributed by atoms with van der Waals surface area (Å²) in [6.45, 7) is 3.76. The predicted octanol–water partition coefficient (Wildman–Crippen LogP) is 4.43.